The van der Waals surface area contributed by atoms with Crippen molar-refractivity contribution < 1.29 is 14.3 Å². The van der Waals surface area contributed by atoms with E-state index in [2.05, 4.69) is 10.6 Å². The number of esters is 1. The van der Waals surface area contributed by atoms with E-state index in [0.29, 0.717) is 11.3 Å². The van der Waals surface area contributed by atoms with Crippen LogP contribution in [0.5, 0.6) is 0 Å². The van der Waals surface area contributed by atoms with Gasteiger partial charge in [-0.2, -0.15) is 0 Å². The maximum absolute atomic E-state index is 12.4. The predicted molar refractivity (Wildman–Crippen MR) is 75.2 cm³/mol. The summed E-state index contributed by atoms with van der Waals surface area (Å²) < 4.78 is 5.48. The molecule has 0 aromatic carbocycles. The standard InChI is InChI=1S/C14H16N2O3S/c1-8-11(13(17)19-9-4-2-5-9)12(16-14(18)15-8)10-6-3-7-20-10/h3,6-7,9,12H,2,4-5H2,1H3,(H2,15,16,18). The number of urea groups is 1. The zero-order valence-corrected chi connectivity index (χ0v) is 12.0. The summed E-state index contributed by atoms with van der Waals surface area (Å²) >= 11 is 1.51. The van der Waals surface area contributed by atoms with Gasteiger partial charge < -0.3 is 15.4 Å². The lowest BCUT2D eigenvalue weighted by atomic mass is 9.95. The van der Waals surface area contributed by atoms with Crippen molar-refractivity contribution >= 4 is 23.3 Å². The van der Waals surface area contributed by atoms with Crippen molar-refractivity contribution in [2.45, 2.75) is 38.3 Å². The summed E-state index contributed by atoms with van der Waals surface area (Å²) in [5, 5.41) is 7.36. The zero-order valence-electron chi connectivity index (χ0n) is 11.1. The van der Waals surface area contributed by atoms with Crippen molar-refractivity contribution in [2.24, 2.45) is 0 Å². The summed E-state index contributed by atoms with van der Waals surface area (Å²) in [7, 11) is 0. The molecule has 1 aliphatic carbocycles. The van der Waals surface area contributed by atoms with E-state index in [1.165, 1.54) is 11.3 Å². The molecular formula is C14H16N2O3S. The third-order valence-corrected chi connectivity index (χ3v) is 4.58. The lowest BCUT2D eigenvalue weighted by molar-refractivity contribution is -0.148. The van der Waals surface area contributed by atoms with Gasteiger partial charge in [0.05, 0.1) is 11.6 Å². The lowest BCUT2D eigenvalue weighted by Gasteiger charge is -2.30. The van der Waals surface area contributed by atoms with E-state index in [1.54, 1.807) is 6.92 Å². The van der Waals surface area contributed by atoms with Gasteiger partial charge in [-0.15, -0.1) is 11.3 Å². The SMILES string of the molecule is CC1=C(C(=O)OC2CCC2)C(c2cccs2)NC(=O)N1. The molecule has 2 N–H and O–H groups in total. The molecule has 20 heavy (non-hydrogen) atoms. The van der Waals surface area contributed by atoms with E-state index in [0.717, 1.165) is 24.1 Å². The highest BCUT2D eigenvalue weighted by atomic mass is 32.1. The minimum atomic E-state index is -0.420. The van der Waals surface area contributed by atoms with Gasteiger partial charge in [0.2, 0.25) is 0 Å². The summed E-state index contributed by atoms with van der Waals surface area (Å²) in [6.45, 7) is 1.73. The average molecular weight is 292 g/mol. The van der Waals surface area contributed by atoms with Gasteiger partial charge >= 0.3 is 12.0 Å². The third-order valence-electron chi connectivity index (χ3n) is 3.64. The van der Waals surface area contributed by atoms with Crippen molar-refractivity contribution in [2.75, 3.05) is 0 Å². The molecule has 0 saturated heterocycles. The van der Waals surface area contributed by atoms with Gasteiger partial charge in [0.25, 0.3) is 0 Å². The van der Waals surface area contributed by atoms with Crippen LogP contribution in [-0.2, 0) is 9.53 Å². The first kappa shape index (κ1) is 13.2. The molecule has 2 amide bonds. The fourth-order valence-corrected chi connectivity index (χ4v) is 3.12. The van der Waals surface area contributed by atoms with Crippen molar-refractivity contribution in [3.05, 3.63) is 33.7 Å². The highest BCUT2D eigenvalue weighted by Crippen LogP contribution is 2.32. The van der Waals surface area contributed by atoms with Crippen molar-refractivity contribution in [1.29, 1.82) is 0 Å². The Kier molecular flexibility index (Phi) is 3.48. The number of nitrogens with one attached hydrogen (secondary N) is 2. The van der Waals surface area contributed by atoms with Gasteiger partial charge in [-0.1, -0.05) is 6.07 Å². The molecule has 2 aliphatic rings. The second-order valence-electron chi connectivity index (χ2n) is 5.04. The van der Waals surface area contributed by atoms with Crippen LogP contribution < -0.4 is 10.6 Å². The number of rotatable bonds is 3. The Bertz CT molecular complexity index is 561. The molecule has 1 atom stereocenters. The van der Waals surface area contributed by atoms with Crippen LogP contribution in [0.25, 0.3) is 0 Å². The maximum Gasteiger partial charge on any atom is 0.338 e. The molecule has 0 spiro atoms. The second kappa shape index (κ2) is 5.28. The molecule has 1 unspecified atom stereocenters. The van der Waals surface area contributed by atoms with E-state index >= 15 is 0 Å². The maximum atomic E-state index is 12.4. The molecule has 1 aromatic rings. The lowest BCUT2D eigenvalue weighted by Crippen LogP contribution is -2.45. The van der Waals surface area contributed by atoms with Crippen LogP contribution in [0.3, 0.4) is 0 Å². The number of allylic oxidation sites excluding steroid dienone is 1. The van der Waals surface area contributed by atoms with Crippen molar-refractivity contribution in [3.63, 3.8) is 0 Å². The first-order valence-corrected chi connectivity index (χ1v) is 7.56. The smallest absolute Gasteiger partial charge is 0.338 e. The Balaban J connectivity index is 1.88. The van der Waals surface area contributed by atoms with Gasteiger partial charge in [0.15, 0.2) is 0 Å². The Morgan fingerprint density at radius 2 is 2.25 bits per heavy atom. The van der Waals surface area contributed by atoms with Gasteiger partial charge in [0.1, 0.15) is 6.10 Å². The Morgan fingerprint density at radius 3 is 2.85 bits per heavy atom. The largest absolute Gasteiger partial charge is 0.459 e. The minimum Gasteiger partial charge on any atom is -0.459 e. The first-order valence-electron chi connectivity index (χ1n) is 6.68. The number of thiophene rings is 1. The molecule has 3 rings (SSSR count). The molecule has 1 aromatic heterocycles. The molecule has 2 heterocycles. The van der Waals surface area contributed by atoms with Crippen LogP contribution in [0.2, 0.25) is 0 Å². The Hall–Kier alpha value is -1.82. The fraction of sp³-hybridized carbons (Fsp3) is 0.429. The molecule has 5 nitrogen and oxygen atoms in total. The highest BCUT2D eigenvalue weighted by Gasteiger charge is 2.34. The summed E-state index contributed by atoms with van der Waals surface area (Å²) in [5.41, 5.74) is 1.07. The van der Waals surface area contributed by atoms with Crippen LogP contribution in [0.15, 0.2) is 28.8 Å². The fourth-order valence-electron chi connectivity index (χ4n) is 2.34. The Labute approximate surface area is 121 Å². The monoisotopic (exact) mass is 292 g/mol. The van der Waals surface area contributed by atoms with E-state index in [9.17, 15) is 9.59 Å². The van der Waals surface area contributed by atoms with E-state index < -0.39 is 6.04 Å². The summed E-state index contributed by atoms with van der Waals surface area (Å²) in [6.07, 6.45) is 3.01. The summed E-state index contributed by atoms with van der Waals surface area (Å²) in [4.78, 5) is 24.9. The first-order chi connectivity index (χ1) is 9.65. The summed E-state index contributed by atoms with van der Waals surface area (Å²) in [5.74, 6) is -0.335. The number of carbonyl (C=O) groups excluding carboxylic acids is 2. The van der Waals surface area contributed by atoms with Crippen molar-refractivity contribution in [3.8, 4) is 0 Å². The molecule has 6 heteroatoms. The predicted octanol–water partition coefficient (Wildman–Crippen LogP) is 2.47. The molecule has 0 radical (unpaired) electrons. The quantitative estimate of drug-likeness (QED) is 0.841. The minimum absolute atomic E-state index is 0.0319. The van der Waals surface area contributed by atoms with Gasteiger partial charge in [0, 0.05) is 10.6 Å². The van der Waals surface area contributed by atoms with Crippen LogP contribution in [-0.4, -0.2) is 18.1 Å². The van der Waals surface area contributed by atoms with Crippen LogP contribution in [0, 0.1) is 0 Å². The molecular weight excluding hydrogens is 276 g/mol. The second-order valence-corrected chi connectivity index (χ2v) is 6.02. The Morgan fingerprint density at radius 1 is 1.45 bits per heavy atom. The van der Waals surface area contributed by atoms with Gasteiger partial charge in [-0.25, -0.2) is 9.59 Å². The topological polar surface area (TPSA) is 67.4 Å². The van der Waals surface area contributed by atoms with E-state index in [1.807, 2.05) is 17.5 Å². The number of carbonyl (C=O) groups is 2. The van der Waals surface area contributed by atoms with Gasteiger partial charge in [-0.05, 0) is 37.6 Å². The molecule has 0 bridgehead atoms. The molecule has 1 fully saturated rings. The van der Waals surface area contributed by atoms with Crippen molar-refractivity contribution in [1.82, 2.24) is 10.6 Å². The normalized spacial score (nSPS) is 22.9. The number of ether oxygens (including phenoxy) is 1. The zero-order chi connectivity index (χ0) is 14.1. The van der Waals surface area contributed by atoms with Crippen LogP contribution in [0.1, 0.15) is 37.1 Å². The number of amides is 2. The number of hydrogen-bond acceptors (Lipinski definition) is 4. The third kappa shape index (κ3) is 2.43. The van der Waals surface area contributed by atoms with E-state index in [4.69, 9.17) is 4.74 Å². The highest BCUT2D eigenvalue weighted by molar-refractivity contribution is 7.10. The van der Waals surface area contributed by atoms with Crippen LogP contribution in [0.4, 0.5) is 4.79 Å². The molecule has 1 saturated carbocycles. The molecule has 106 valence electrons. The number of hydrogen-bond donors (Lipinski definition) is 2. The summed E-state index contributed by atoms with van der Waals surface area (Å²) in [6, 6.07) is 3.10. The van der Waals surface area contributed by atoms with Crippen LogP contribution >= 0.6 is 11.3 Å². The average Bonchev–Trinajstić information content (AvgIpc) is 2.86. The van der Waals surface area contributed by atoms with E-state index in [-0.39, 0.29) is 18.1 Å². The van der Waals surface area contributed by atoms with Gasteiger partial charge in [-0.3, -0.25) is 0 Å². The molecule has 1 aliphatic heterocycles.